The van der Waals surface area contributed by atoms with Gasteiger partial charge in [0.1, 0.15) is 12.9 Å². The molecule has 1 fully saturated rings. The summed E-state index contributed by atoms with van der Waals surface area (Å²) in [6.07, 6.45) is 2.13. The fraction of sp³-hybridized carbons (Fsp3) is 0.750. The summed E-state index contributed by atoms with van der Waals surface area (Å²) < 4.78 is 4.69. The average Bonchev–Trinajstić information content (AvgIpc) is 2.20. The summed E-state index contributed by atoms with van der Waals surface area (Å²) in [6, 6.07) is 0. The Morgan fingerprint density at radius 2 is 2.06 bits per heavy atom. The van der Waals surface area contributed by atoms with Crippen LogP contribution in [0.5, 0.6) is 0 Å². The van der Waals surface area contributed by atoms with Crippen molar-refractivity contribution in [2.24, 2.45) is 17.3 Å². The van der Waals surface area contributed by atoms with Gasteiger partial charge in [0, 0.05) is 19.3 Å². The Hall–Kier alpha value is -1.19. The number of Topliss-reactive ketones (excluding diaryl/α,β-unsaturated/α-hetero) is 1. The molecular formula is C12H18O4. The first kappa shape index (κ1) is 12.9. The van der Waals surface area contributed by atoms with Crippen LogP contribution in [0, 0.1) is 17.3 Å². The van der Waals surface area contributed by atoms with Gasteiger partial charge < -0.3 is 9.53 Å². The first-order valence-corrected chi connectivity index (χ1v) is 5.49. The largest absolute Gasteiger partial charge is 0.458 e. The van der Waals surface area contributed by atoms with Gasteiger partial charge >= 0.3 is 5.97 Å². The second-order valence-electron chi connectivity index (χ2n) is 4.96. The van der Waals surface area contributed by atoms with Crippen LogP contribution in [0.3, 0.4) is 0 Å². The van der Waals surface area contributed by atoms with E-state index in [2.05, 4.69) is 0 Å². The van der Waals surface area contributed by atoms with Gasteiger partial charge in [0.25, 0.3) is 0 Å². The highest BCUT2D eigenvalue weighted by Crippen LogP contribution is 2.52. The van der Waals surface area contributed by atoms with Gasteiger partial charge in [-0.3, -0.25) is 9.59 Å². The van der Waals surface area contributed by atoms with E-state index in [9.17, 15) is 14.4 Å². The zero-order valence-corrected chi connectivity index (χ0v) is 9.99. The molecular weight excluding hydrogens is 208 g/mol. The Morgan fingerprint density at radius 1 is 1.44 bits per heavy atom. The van der Waals surface area contributed by atoms with Crippen LogP contribution in [0.4, 0.5) is 0 Å². The van der Waals surface area contributed by atoms with E-state index in [1.807, 2.05) is 13.8 Å². The Labute approximate surface area is 95.3 Å². The van der Waals surface area contributed by atoms with Gasteiger partial charge in [-0.15, -0.1) is 0 Å². The third-order valence-corrected chi connectivity index (χ3v) is 3.66. The third kappa shape index (κ3) is 2.49. The summed E-state index contributed by atoms with van der Waals surface area (Å²) >= 11 is 0. The van der Waals surface area contributed by atoms with Crippen LogP contribution in [-0.2, 0) is 19.1 Å². The van der Waals surface area contributed by atoms with Gasteiger partial charge in [0.2, 0.25) is 0 Å². The molecule has 1 aliphatic carbocycles. The maximum Gasteiger partial charge on any atom is 0.303 e. The lowest BCUT2D eigenvalue weighted by molar-refractivity contribution is -0.153. The molecule has 0 amide bonds. The van der Waals surface area contributed by atoms with Crippen molar-refractivity contribution in [2.75, 3.05) is 6.61 Å². The monoisotopic (exact) mass is 226 g/mol. The normalized spacial score (nSPS) is 26.7. The predicted octanol–water partition coefficient (Wildman–Crippen LogP) is 1.37. The molecule has 4 nitrogen and oxygen atoms in total. The van der Waals surface area contributed by atoms with Gasteiger partial charge in [0.05, 0.1) is 0 Å². The van der Waals surface area contributed by atoms with Gasteiger partial charge in [-0.25, -0.2) is 0 Å². The van der Waals surface area contributed by atoms with Crippen LogP contribution in [0.2, 0.25) is 0 Å². The molecule has 0 saturated heterocycles. The molecule has 4 heteroatoms. The van der Waals surface area contributed by atoms with Crippen LogP contribution < -0.4 is 0 Å². The molecule has 0 aromatic carbocycles. The summed E-state index contributed by atoms with van der Waals surface area (Å²) in [5.41, 5.74) is -0.155. The fourth-order valence-corrected chi connectivity index (χ4v) is 2.35. The number of ether oxygens (including phenoxy) is 1. The highest BCUT2D eigenvalue weighted by Gasteiger charge is 2.50. The number of carbonyl (C=O) groups is 3. The Balaban J connectivity index is 2.48. The molecule has 0 aromatic heterocycles. The number of carbonyl (C=O) groups excluding carboxylic acids is 3. The number of ketones is 1. The van der Waals surface area contributed by atoms with E-state index in [1.54, 1.807) is 0 Å². The van der Waals surface area contributed by atoms with E-state index in [4.69, 9.17) is 4.74 Å². The van der Waals surface area contributed by atoms with E-state index in [0.717, 1.165) is 12.7 Å². The molecule has 2 atom stereocenters. The minimum atomic E-state index is -0.435. The summed E-state index contributed by atoms with van der Waals surface area (Å²) in [5.74, 6) is -0.287. The Morgan fingerprint density at radius 3 is 2.50 bits per heavy atom. The molecule has 0 unspecified atom stereocenters. The standard InChI is InChI=1S/C12H18O4/c1-8(14)16-7-11(15)10-6-9(4-5-13)12(10,2)3/h5,9-10H,4,6-7H2,1-3H3/t9-,10-/m1/s1. The quantitative estimate of drug-likeness (QED) is 0.524. The van der Waals surface area contributed by atoms with Crippen LogP contribution in [-0.4, -0.2) is 24.6 Å². The van der Waals surface area contributed by atoms with Gasteiger partial charge in [-0.1, -0.05) is 13.8 Å². The van der Waals surface area contributed by atoms with E-state index in [1.165, 1.54) is 6.92 Å². The van der Waals surface area contributed by atoms with Crippen molar-refractivity contribution in [1.29, 1.82) is 0 Å². The van der Waals surface area contributed by atoms with E-state index >= 15 is 0 Å². The van der Waals surface area contributed by atoms with Crippen molar-refractivity contribution >= 4 is 18.0 Å². The first-order valence-electron chi connectivity index (χ1n) is 5.49. The second kappa shape index (κ2) is 4.76. The topological polar surface area (TPSA) is 60.4 Å². The minimum Gasteiger partial charge on any atom is -0.458 e. The van der Waals surface area contributed by atoms with E-state index in [-0.39, 0.29) is 29.6 Å². The molecule has 90 valence electrons. The highest BCUT2D eigenvalue weighted by molar-refractivity contribution is 5.85. The number of rotatable bonds is 5. The highest BCUT2D eigenvalue weighted by atomic mass is 16.5. The number of esters is 1. The summed E-state index contributed by atoms with van der Waals surface area (Å²) in [6.45, 7) is 5.12. The Bertz CT molecular complexity index is 306. The molecule has 0 aromatic rings. The lowest BCUT2D eigenvalue weighted by Gasteiger charge is -2.50. The Kier molecular flexibility index (Phi) is 3.83. The maximum atomic E-state index is 11.7. The summed E-state index contributed by atoms with van der Waals surface area (Å²) in [4.78, 5) is 32.7. The van der Waals surface area contributed by atoms with Gasteiger partial charge in [0.15, 0.2) is 5.78 Å². The molecule has 0 heterocycles. The SMILES string of the molecule is CC(=O)OCC(=O)[C@H]1C[C@@H](CC=O)C1(C)C. The summed E-state index contributed by atoms with van der Waals surface area (Å²) in [5, 5.41) is 0. The lowest BCUT2D eigenvalue weighted by atomic mass is 9.53. The minimum absolute atomic E-state index is 0.0395. The summed E-state index contributed by atoms with van der Waals surface area (Å²) in [7, 11) is 0. The number of hydrogen-bond acceptors (Lipinski definition) is 4. The van der Waals surface area contributed by atoms with Crippen LogP contribution in [0.25, 0.3) is 0 Å². The predicted molar refractivity (Wildman–Crippen MR) is 57.7 cm³/mol. The van der Waals surface area contributed by atoms with Gasteiger partial charge in [-0.2, -0.15) is 0 Å². The van der Waals surface area contributed by atoms with Crippen LogP contribution >= 0.6 is 0 Å². The van der Waals surface area contributed by atoms with Crippen molar-refractivity contribution in [3.05, 3.63) is 0 Å². The zero-order chi connectivity index (χ0) is 12.3. The molecule has 1 aliphatic rings. The molecule has 1 rings (SSSR count). The van der Waals surface area contributed by atoms with Crippen molar-refractivity contribution in [1.82, 2.24) is 0 Å². The van der Waals surface area contributed by atoms with Crippen LogP contribution in [0.15, 0.2) is 0 Å². The van der Waals surface area contributed by atoms with E-state index in [0.29, 0.717) is 6.42 Å². The number of aldehydes is 1. The van der Waals surface area contributed by atoms with Crippen molar-refractivity contribution in [3.8, 4) is 0 Å². The second-order valence-corrected chi connectivity index (χ2v) is 4.96. The molecule has 0 aliphatic heterocycles. The number of hydrogen-bond donors (Lipinski definition) is 0. The van der Waals surface area contributed by atoms with Gasteiger partial charge in [-0.05, 0) is 17.8 Å². The maximum absolute atomic E-state index is 11.7. The van der Waals surface area contributed by atoms with Crippen molar-refractivity contribution in [2.45, 2.75) is 33.6 Å². The first-order chi connectivity index (χ1) is 7.39. The lowest BCUT2D eigenvalue weighted by Crippen LogP contribution is -2.50. The van der Waals surface area contributed by atoms with E-state index < -0.39 is 5.97 Å². The average molecular weight is 226 g/mol. The molecule has 0 spiro atoms. The van der Waals surface area contributed by atoms with Crippen molar-refractivity contribution < 1.29 is 19.1 Å². The molecule has 0 radical (unpaired) electrons. The van der Waals surface area contributed by atoms with Crippen molar-refractivity contribution in [3.63, 3.8) is 0 Å². The third-order valence-electron chi connectivity index (χ3n) is 3.66. The fourth-order valence-electron chi connectivity index (χ4n) is 2.35. The molecule has 16 heavy (non-hydrogen) atoms. The zero-order valence-electron chi connectivity index (χ0n) is 9.99. The molecule has 0 N–H and O–H groups in total. The molecule has 0 bridgehead atoms. The smallest absolute Gasteiger partial charge is 0.303 e. The molecule has 1 saturated carbocycles. The van der Waals surface area contributed by atoms with Crippen LogP contribution in [0.1, 0.15) is 33.6 Å².